The Kier molecular flexibility index (Phi) is 5.79. The van der Waals surface area contributed by atoms with E-state index >= 15 is 0 Å². The van der Waals surface area contributed by atoms with E-state index in [0.29, 0.717) is 44.6 Å². The lowest BCUT2D eigenvalue weighted by Gasteiger charge is -2.37. The minimum absolute atomic E-state index is 0.00382. The minimum atomic E-state index is -0.0372. The van der Waals surface area contributed by atoms with Gasteiger partial charge in [0, 0.05) is 43.6 Å². The van der Waals surface area contributed by atoms with E-state index in [2.05, 4.69) is 0 Å². The summed E-state index contributed by atoms with van der Waals surface area (Å²) in [6, 6.07) is 11.1. The van der Waals surface area contributed by atoms with E-state index in [1.165, 1.54) is 12.5 Å². The Balaban J connectivity index is 1.26. The summed E-state index contributed by atoms with van der Waals surface area (Å²) in [4.78, 5) is 41.7. The zero-order valence-corrected chi connectivity index (χ0v) is 16.5. The van der Waals surface area contributed by atoms with Crippen molar-refractivity contribution in [3.63, 3.8) is 0 Å². The van der Waals surface area contributed by atoms with Crippen molar-refractivity contribution < 1.29 is 18.8 Å². The molecule has 0 unspecified atom stereocenters. The number of carbonyl (C=O) groups is 3. The van der Waals surface area contributed by atoms with Crippen molar-refractivity contribution in [2.24, 2.45) is 11.8 Å². The van der Waals surface area contributed by atoms with Crippen LogP contribution in [0.2, 0.25) is 0 Å². The third-order valence-electron chi connectivity index (χ3n) is 6.14. The van der Waals surface area contributed by atoms with E-state index in [1.54, 1.807) is 11.0 Å². The van der Waals surface area contributed by atoms with Crippen molar-refractivity contribution >= 4 is 17.6 Å². The molecule has 6 nitrogen and oxygen atoms in total. The first kappa shape index (κ1) is 19.4. The molecule has 6 heteroatoms. The van der Waals surface area contributed by atoms with Gasteiger partial charge in [-0.1, -0.05) is 30.3 Å². The van der Waals surface area contributed by atoms with Gasteiger partial charge in [-0.3, -0.25) is 14.4 Å². The summed E-state index contributed by atoms with van der Waals surface area (Å²) in [5.74, 6) is 0.278. The normalized spacial score (nSPS) is 18.6. The van der Waals surface area contributed by atoms with Gasteiger partial charge in [0.1, 0.15) is 6.26 Å². The second-order valence-corrected chi connectivity index (χ2v) is 7.91. The Hall–Kier alpha value is -2.89. The van der Waals surface area contributed by atoms with Crippen LogP contribution in [0.3, 0.4) is 0 Å². The zero-order valence-electron chi connectivity index (χ0n) is 16.5. The summed E-state index contributed by atoms with van der Waals surface area (Å²) in [6.07, 6.45) is 5.77. The van der Waals surface area contributed by atoms with Crippen LogP contribution in [-0.2, 0) is 4.79 Å². The summed E-state index contributed by atoms with van der Waals surface area (Å²) in [6.45, 7) is 2.44. The van der Waals surface area contributed by atoms with Gasteiger partial charge >= 0.3 is 0 Å². The Morgan fingerprint density at radius 3 is 2.00 bits per heavy atom. The SMILES string of the molecule is O=C(c1ccccc1)C1CCN(C(=O)C2CCN(C(=O)c3ccoc3)CC2)CC1. The third kappa shape index (κ3) is 4.26. The molecule has 29 heavy (non-hydrogen) atoms. The molecule has 0 saturated carbocycles. The second kappa shape index (κ2) is 8.64. The summed E-state index contributed by atoms with van der Waals surface area (Å²) in [5, 5.41) is 0. The molecule has 2 amide bonds. The van der Waals surface area contributed by atoms with Gasteiger partial charge < -0.3 is 14.2 Å². The average molecular weight is 394 g/mol. The predicted molar refractivity (Wildman–Crippen MR) is 107 cm³/mol. The van der Waals surface area contributed by atoms with Gasteiger partial charge in [-0.05, 0) is 31.7 Å². The first-order chi connectivity index (χ1) is 14.1. The fourth-order valence-electron chi connectivity index (χ4n) is 4.36. The van der Waals surface area contributed by atoms with E-state index in [9.17, 15) is 14.4 Å². The third-order valence-corrected chi connectivity index (χ3v) is 6.14. The minimum Gasteiger partial charge on any atom is -0.472 e. The van der Waals surface area contributed by atoms with Crippen LogP contribution in [0, 0.1) is 11.8 Å². The number of furan rings is 1. The Morgan fingerprint density at radius 1 is 0.759 bits per heavy atom. The first-order valence-corrected chi connectivity index (χ1v) is 10.3. The highest BCUT2D eigenvalue weighted by Gasteiger charge is 2.33. The maximum absolute atomic E-state index is 12.9. The van der Waals surface area contributed by atoms with Crippen molar-refractivity contribution in [2.75, 3.05) is 26.2 Å². The summed E-state index contributed by atoms with van der Waals surface area (Å²) >= 11 is 0. The van der Waals surface area contributed by atoms with Crippen LogP contribution in [0.1, 0.15) is 46.4 Å². The molecule has 0 atom stereocenters. The molecule has 4 rings (SSSR count). The average Bonchev–Trinajstić information content (AvgIpc) is 3.33. The second-order valence-electron chi connectivity index (χ2n) is 7.91. The number of hydrogen-bond acceptors (Lipinski definition) is 4. The number of hydrogen-bond donors (Lipinski definition) is 0. The number of benzene rings is 1. The van der Waals surface area contributed by atoms with E-state index in [-0.39, 0.29) is 29.4 Å². The van der Waals surface area contributed by atoms with E-state index in [4.69, 9.17) is 4.42 Å². The molecular weight excluding hydrogens is 368 g/mol. The van der Waals surface area contributed by atoms with Crippen LogP contribution in [0.5, 0.6) is 0 Å². The molecule has 0 bridgehead atoms. The highest BCUT2D eigenvalue weighted by molar-refractivity contribution is 5.98. The number of Topliss-reactive ketones (excluding diaryl/α,β-unsaturated/α-hetero) is 1. The van der Waals surface area contributed by atoms with Gasteiger partial charge in [0.2, 0.25) is 5.91 Å². The molecule has 2 saturated heterocycles. The highest BCUT2D eigenvalue weighted by Crippen LogP contribution is 2.26. The lowest BCUT2D eigenvalue weighted by Crippen LogP contribution is -2.47. The number of carbonyl (C=O) groups excluding carboxylic acids is 3. The number of piperidine rings is 2. The van der Waals surface area contributed by atoms with Crippen LogP contribution in [0.4, 0.5) is 0 Å². The van der Waals surface area contributed by atoms with Crippen LogP contribution < -0.4 is 0 Å². The Morgan fingerprint density at radius 2 is 1.38 bits per heavy atom. The highest BCUT2D eigenvalue weighted by atomic mass is 16.3. The monoisotopic (exact) mass is 394 g/mol. The lowest BCUT2D eigenvalue weighted by molar-refractivity contribution is -0.138. The van der Waals surface area contributed by atoms with Gasteiger partial charge in [-0.2, -0.15) is 0 Å². The molecule has 2 aliphatic rings. The van der Waals surface area contributed by atoms with Crippen LogP contribution in [-0.4, -0.2) is 53.6 Å². The predicted octanol–water partition coefficient (Wildman–Crippen LogP) is 3.25. The summed E-state index contributed by atoms with van der Waals surface area (Å²) < 4.78 is 4.99. The zero-order chi connectivity index (χ0) is 20.2. The molecule has 0 spiro atoms. The number of likely N-dealkylation sites (tertiary alicyclic amines) is 2. The first-order valence-electron chi connectivity index (χ1n) is 10.3. The van der Waals surface area contributed by atoms with Crippen molar-refractivity contribution in [3.8, 4) is 0 Å². The van der Waals surface area contributed by atoms with Gasteiger partial charge in [0.05, 0.1) is 11.8 Å². The van der Waals surface area contributed by atoms with Gasteiger partial charge in [0.25, 0.3) is 5.91 Å². The molecule has 2 fully saturated rings. The maximum atomic E-state index is 12.9. The molecule has 0 aliphatic carbocycles. The number of nitrogens with zero attached hydrogens (tertiary/aromatic N) is 2. The van der Waals surface area contributed by atoms with Crippen molar-refractivity contribution in [2.45, 2.75) is 25.7 Å². The van der Waals surface area contributed by atoms with Crippen molar-refractivity contribution in [3.05, 3.63) is 60.1 Å². The van der Waals surface area contributed by atoms with Crippen molar-refractivity contribution in [1.82, 2.24) is 9.80 Å². The maximum Gasteiger partial charge on any atom is 0.257 e. The fourth-order valence-corrected chi connectivity index (χ4v) is 4.36. The standard InChI is InChI=1S/C23H26N2O4/c26-21(17-4-2-1-3-5-17)18-6-11-24(12-7-18)22(27)19-8-13-25(14-9-19)23(28)20-10-15-29-16-20/h1-5,10,15-16,18-19H,6-9,11-14H2. The van der Waals surface area contributed by atoms with E-state index in [1.807, 2.05) is 35.2 Å². The molecule has 0 radical (unpaired) electrons. The molecule has 1 aromatic carbocycles. The van der Waals surface area contributed by atoms with Crippen LogP contribution in [0.15, 0.2) is 53.3 Å². The van der Waals surface area contributed by atoms with Crippen molar-refractivity contribution in [1.29, 1.82) is 0 Å². The largest absolute Gasteiger partial charge is 0.472 e. The van der Waals surface area contributed by atoms with Crippen LogP contribution in [0.25, 0.3) is 0 Å². The number of ketones is 1. The smallest absolute Gasteiger partial charge is 0.257 e. The van der Waals surface area contributed by atoms with Gasteiger partial charge in [-0.25, -0.2) is 0 Å². The molecule has 0 N–H and O–H groups in total. The molecule has 3 heterocycles. The van der Waals surface area contributed by atoms with Gasteiger partial charge in [-0.15, -0.1) is 0 Å². The van der Waals surface area contributed by atoms with Crippen LogP contribution >= 0.6 is 0 Å². The number of amides is 2. The van der Waals surface area contributed by atoms with E-state index in [0.717, 1.165) is 18.4 Å². The number of rotatable bonds is 4. The fraction of sp³-hybridized carbons (Fsp3) is 0.435. The summed E-state index contributed by atoms with van der Waals surface area (Å²) in [5.41, 5.74) is 1.31. The molecule has 2 aliphatic heterocycles. The molecule has 1 aromatic heterocycles. The Bertz CT molecular complexity index is 846. The molecule has 2 aromatic rings. The molecular formula is C23H26N2O4. The topological polar surface area (TPSA) is 70.8 Å². The van der Waals surface area contributed by atoms with Gasteiger partial charge in [0.15, 0.2) is 5.78 Å². The Labute approximate surface area is 170 Å². The summed E-state index contributed by atoms with van der Waals surface area (Å²) in [7, 11) is 0. The van der Waals surface area contributed by atoms with E-state index < -0.39 is 0 Å². The molecule has 152 valence electrons. The quantitative estimate of drug-likeness (QED) is 0.747. The lowest BCUT2D eigenvalue weighted by atomic mass is 9.87.